The molecule has 0 radical (unpaired) electrons. The molecule has 0 aliphatic rings. The molecule has 1 N–H and O–H groups in total. The summed E-state index contributed by atoms with van der Waals surface area (Å²) < 4.78 is 11.9. The number of nitrogens with zero attached hydrogens (tertiary/aromatic N) is 2. The van der Waals surface area contributed by atoms with Crippen LogP contribution in [0.2, 0.25) is 0 Å². The standard InChI is InChI=1S/C19H19N3O4/c1-12-16(18(23)25-3)13(2)21-17(12)19(24)26-11-14-5-7-15(8-6-14)22-10-4-9-20-22/h4-10,21H,11H2,1-3H3. The van der Waals surface area contributed by atoms with Crippen molar-refractivity contribution in [1.29, 1.82) is 0 Å². The minimum Gasteiger partial charge on any atom is -0.465 e. The van der Waals surface area contributed by atoms with E-state index in [0.29, 0.717) is 16.8 Å². The molecule has 2 heterocycles. The van der Waals surface area contributed by atoms with Crippen molar-refractivity contribution in [3.63, 3.8) is 0 Å². The van der Waals surface area contributed by atoms with Crippen molar-refractivity contribution in [3.05, 3.63) is 70.8 Å². The molecule has 0 spiro atoms. The van der Waals surface area contributed by atoms with Crippen molar-refractivity contribution in [2.45, 2.75) is 20.5 Å². The smallest absolute Gasteiger partial charge is 0.355 e. The van der Waals surface area contributed by atoms with Crippen LogP contribution < -0.4 is 0 Å². The highest BCUT2D eigenvalue weighted by Gasteiger charge is 2.23. The lowest BCUT2D eigenvalue weighted by Gasteiger charge is -2.06. The van der Waals surface area contributed by atoms with Gasteiger partial charge in [-0.1, -0.05) is 12.1 Å². The molecule has 7 heteroatoms. The Morgan fingerprint density at radius 1 is 1.15 bits per heavy atom. The number of carbonyl (C=O) groups excluding carboxylic acids is 2. The number of benzene rings is 1. The van der Waals surface area contributed by atoms with Crippen LogP contribution in [-0.2, 0) is 16.1 Å². The van der Waals surface area contributed by atoms with Crippen LogP contribution in [-0.4, -0.2) is 33.8 Å². The Bertz CT molecular complexity index is 925. The van der Waals surface area contributed by atoms with Gasteiger partial charge in [0.05, 0.1) is 18.4 Å². The number of aromatic nitrogens is 3. The summed E-state index contributed by atoms with van der Waals surface area (Å²) in [5.74, 6) is -0.999. The Morgan fingerprint density at radius 2 is 1.88 bits per heavy atom. The van der Waals surface area contributed by atoms with Crippen LogP contribution >= 0.6 is 0 Å². The average molecular weight is 353 g/mol. The number of carbonyl (C=O) groups is 2. The first-order valence-electron chi connectivity index (χ1n) is 8.05. The molecule has 7 nitrogen and oxygen atoms in total. The van der Waals surface area contributed by atoms with Crippen molar-refractivity contribution in [2.24, 2.45) is 0 Å². The van der Waals surface area contributed by atoms with Crippen LogP contribution in [0.4, 0.5) is 0 Å². The van der Waals surface area contributed by atoms with Gasteiger partial charge >= 0.3 is 11.9 Å². The van der Waals surface area contributed by atoms with E-state index in [9.17, 15) is 9.59 Å². The van der Waals surface area contributed by atoms with Crippen molar-refractivity contribution in [3.8, 4) is 5.69 Å². The minimum atomic E-state index is -0.517. The Labute approximate surface area is 150 Å². The van der Waals surface area contributed by atoms with E-state index < -0.39 is 11.9 Å². The van der Waals surface area contributed by atoms with Gasteiger partial charge in [-0.25, -0.2) is 14.3 Å². The maximum absolute atomic E-state index is 12.3. The lowest BCUT2D eigenvalue weighted by Crippen LogP contribution is -2.08. The number of hydrogen-bond donors (Lipinski definition) is 1. The van der Waals surface area contributed by atoms with Crippen LogP contribution in [0.3, 0.4) is 0 Å². The highest BCUT2D eigenvalue weighted by molar-refractivity contribution is 5.98. The Hall–Kier alpha value is -3.35. The zero-order valence-electron chi connectivity index (χ0n) is 14.8. The molecule has 26 heavy (non-hydrogen) atoms. The molecular weight excluding hydrogens is 334 g/mol. The molecule has 0 saturated heterocycles. The van der Waals surface area contributed by atoms with Gasteiger partial charge in [0.2, 0.25) is 0 Å². The zero-order chi connectivity index (χ0) is 18.7. The number of hydrogen-bond acceptors (Lipinski definition) is 5. The van der Waals surface area contributed by atoms with Crippen LogP contribution in [0.25, 0.3) is 5.69 Å². The van der Waals surface area contributed by atoms with Crippen LogP contribution in [0.5, 0.6) is 0 Å². The van der Waals surface area contributed by atoms with Gasteiger partial charge < -0.3 is 14.5 Å². The van der Waals surface area contributed by atoms with E-state index in [4.69, 9.17) is 9.47 Å². The molecule has 0 unspecified atom stereocenters. The first-order chi connectivity index (χ1) is 12.5. The molecule has 0 saturated carbocycles. The van der Waals surface area contributed by atoms with Crippen molar-refractivity contribution < 1.29 is 19.1 Å². The number of aromatic amines is 1. The molecule has 0 fully saturated rings. The molecule has 0 aliphatic carbocycles. The first kappa shape index (κ1) is 17.5. The van der Waals surface area contributed by atoms with Gasteiger partial charge in [-0.15, -0.1) is 0 Å². The van der Waals surface area contributed by atoms with E-state index >= 15 is 0 Å². The second kappa shape index (κ2) is 7.26. The number of esters is 2. The summed E-state index contributed by atoms with van der Waals surface area (Å²) >= 11 is 0. The third-order valence-corrected chi connectivity index (χ3v) is 4.11. The van der Waals surface area contributed by atoms with Crippen LogP contribution in [0, 0.1) is 13.8 Å². The maximum atomic E-state index is 12.3. The molecule has 0 atom stereocenters. The van der Waals surface area contributed by atoms with Crippen LogP contribution in [0.15, 0.2) is 42.7 Å². The van der Waals surface area contributed by atoms with E-state index in [1.807, 2.05) is 36.5 Å². The van der Waals surface area contributed by atoms with Gasteiger partial charge in [-0.2, -0.15) is 5.10 Å². The van der Waals surface area contributed by atoms with Gasteiger partial charge in [0, 0.05) is 18.1 Å². The lowest BCUT2D eigenvalue weighted by molar-refractivity contribution is 0.0465. The summed E-state index contributed by atoms with van der Waals surface area (Å²) in [5, 5.41) is 4.16. The Kier molecular flexibility index (Phi) is 4.88. The number of H-pyrrole nitrogens is 1. The molecule has 3 rings (SSSR count). The Balaban J connectivity index is 1.68. The van der Waals surface area contributed by atoms with Crippen LogP contribution in [0.1, 0.15) is 37.7 Å². The molecule has 3 aromatic rings. The summed E-state index contributed by atoms with van der Waals surface area (Å²) in [5.41, 5.74) is 3.49. The lowest BCUT2D eigenvalue weighted by atomic mass is 10.1. The second-order valence-corrected chi connectivity index (χ2v) is 5.81. The fourth-order valence-electron chi connectivity index (χ4n) is 2.75. The fraction of sp³-hybridized carbons (Fsp3) is 0.211. The molecule has 2 aromatic heterocycles. The van der Waals surface area contributed by atoms with E-state index in [-0.39, 0.29) is 12.3 Å². The monoisotopic (exact) mass is 353 g/mol. The largest absolute Gasteiger partial charge is 0.465 e. The number of methoxy groups -OCH3 is 1. The molecule has 0 amide bonds. The third kappa shape index (κ3) is 3.37. The van der Waals surface area contributed by atoms with E-state index in [2.05, 4.69) is 10.1 Å². The molecular formula is C19H19N3O4. The summed E-state index contributed by atoms with van der Waals surface area (Å²) in [6, 6.07) is 9.39. The molecule has 0 aliphatic heterocycles. The normalized spacial score (nSPS) is 10.6. The predicted octanol–water partition coefficient (Wildman–Crippen LogP) is 2.96. The highest BCUT2D eigenvalue weighted by atomic mass is 16.5. The Morgan fingerprint density at radius 3 is 2.50 bits per heavy atom. The minimum absolute atomic E-state index is 0.128. The topological polar surface area (TPSA) is 86.2 Å². The average Bonchev–Trinajstić information content (AvgIpc) is 3.28. The van der Waals surface area contributed by atoms with Crippen molar-refractivity contribution in [1.82, 2.24) is 14.8 Å². The number of ether oxygens (including phenoxy) is 2. The van der Waals surface area contributed by atoms with E-state index in [1.54, 1.807) is 24.7 Å². The number of aryl methyl sites for hydroxylation is 1. The summed E-state index contributed by atoms with van der Waals surface area (Å²) in [4.78, 5) is 27.1. The molecule has 1 aromatic carbocycles. The first-order valence-corrected chi connectivity index (χ1v) is 8.05. The SMILES string of the molecule is COC(=O)c1c(C)[nH]c(C(=O)OCc2ccc(-n3cccn3)cc2)c1C. The molecule has 134 valence electrons. The van der Waals surface area contributed by atoms with Gasteiger partial charge in [0.1, 0.15) is 12.3 Å². The van der Waals surface area contributed by atoms with Crippen molar-refractivity contribution >= 4 is 11.9 Å². The van der Waals surface area contributed by atoms with E-state index in [0.717, 1.165) is 11.3 Å². The zero-order valence-corrected chi connectivity index (χ0v) is 14.8. The number of nitrogens with one attached hydrogen (secondary N) is 1. The second-order valence-electron chi connectivity index (χ2n) is 5.81. The van der Waals surface area contributed by atoms with E-state index in [1.165, 1.54) is 7.11 Å². The fourth-order valence-corrected chi connectivity index (χ4v) is 2.75. The van der Waals surface area contributed by atoms with Gasteiger partial charge in [0.25, 0.3) is 0 Å². The van der Waals surface area contributed by atoms with Gasteiger partial charge in [-0.05, 0) is 43.2 Å². The third-order valence-electron chi connectivity index (χ3n) is 4.11. The van der Waals surface area contributed by atoms with Gasteiger partial charge in [-0.3, -0.25) is 0 Å². The molecule has 0 bridgehead atoms. The summed E-state index contributed by atoms with van der Waals surface area (Å²) in [6.07, 6.45) is 3.56. The van der Waals surface area contributed by atoms with Crippen molar-refractivity contribution in [2.75, 3.05) is 7.11 Å². The highest BCUT2D eigenvalue weighted by Crippen LogP contribution is 2.20. The maximum Gasteiger partial charge on any atom is 0.355 e. The van der Waals surface area contributed by atoms with Gasteiger partial charge in [0.15, 0.2) is 0 Å². The quantitative estimate of drug-likeness (QED) is 0.713. The number of rotatable bonds is 5. The summed E-state index contributed by atoms with van der Waals surface area (Å²) in [6.45, 7) is 3.53. The predicted molar refractivity (Wildman–Crippen MR) is 94.3 cm³/mol. The summed E-state index contributed by atoms with van der Waals surface area (Å²) in [7, 11) is 1.30.